The Kier molecular flexibility index (Phi) is 8.56. The van der Waals surface area contributed by atoms with Crippen molar-refractivity contribution >= 4 is 23.4 Å². The number of carbonyl (C=O) groups excluding carboxylic acids is 1. The van der Waals surface area contributed by atoms with Crippen molar-refractivity contribution in [2.24, 2.45) is 0 Å². The van der Waals surface area contributed by atoms with Crippen molar-refractivity contribution in [2.75, 3.05) is 16.8 Å². The minimum atomic E-state index is -0.537. The fourth-order valence-corrected chi connectivity index (χ4v) is 3.36. The van der Waals surface area contributed by atoms with E-state index in [0.29, 0.717) is 0 Å². The number of nitrogens with one attached hydrogen (secondary N) is 2. The zero-order valence-corrected chi connectivity index (χ0v) is 16.8. The molecule has 0 spiro atoms. The quantitative estimate of drug-likeness (QED) is 0.230. The third kappa shape index (κ3) is 6.13. The van der Waals surface area contributed by atoms with Crippen molar-refractivity contribution in [2.45, 2.75) is 45.7 Å². The summed E-state index contributed by atoms with van der Waals surface area (Å²) in [5.74, 6) is -0.537. The van der Waals surface area contributed by atoms with Crippen LogP contribution in [-0.4, -0.2) is 23.8 Å². The van der Waals surface area contributed by atoms with Crippen LogP contribution < -0.4 is 15.7 Å². The Bertz CT molecular complexity index is 765. The van der Waals surface area contributed by atoms with Crippen molar-refractivity contribution in [3.8, 4) is 0 Å². The van der Waals surface area contributed by atoms with Gasteiger partial charge in [0.2, 0.25) is 0 Å². The van der Waals surface area contributed by atoms with Gasteiger partial charge in [0.1, 0.15) is 0 Å². The van der Waals surface area contributed by atoms with Crippen LogP contribution in [0.4, 0.5) is 11.4 Å². The average molecular weight is 382 g/mol. The molecule has 1 atom stereocenters. The maximum Gasteiger partial charge on any atom is 0.267 e. The third-order valence-electron chi connectivity index (χ3n) is 4.71. The second kappa shape index (κ2) is 11.1. The largest absolute Gasteiger partial charge is 0.363 e. The standard InChI is InChI=1S/C23H31N3O2/c1-4-6-7-9-18(3)10-8-11-22-24-20-17-19(13-15-23(27)25-28)12-14-21(20)26(22)16-5-2/h4,6-7,9,12-15,17,22,24,28H,1,5,8,10-11,16H2,2-3H3,(H,25,27)/b7-6-,15-13+,18-9+. The van der Waals surface area contributed by atoms with Gasteiger partial charge < -0.3 is 10.2 Å². The molecule has 5 heteroatoms. The predicted octanol–water partition coefficient (Wildman–Crippen LogP) is 5.03. The van der Waals surface area contributed by atoms with Crippen LogP contribution in [0.1, 0.15) is 45.1 Å². The van der Waals surface area contributed by atoms with Gasteiger partial charge in [0.15, 0.2) is 0 Å². The first-order valence-electron chi connectivity index (χ1n) is 9.83. The highest BCUT2D eigenvalue weighted by atomic mass is 16.5. The molecule has 0 aliphatic carbocycles. The molecule has 1 aromatic carbocycles. The van der Waals surface area contributed by atoms with Crippen LogP contribution in [0.25, 0.3) is 6.08 Å². The van der Waals surface area contributed by atoms with Crippen molar-refractivity contribution in [3.63, 3.8) is 0 Å². The van der Waals surface area contributed by atoms with E-state index in [1.54, 1.807) is 17.6 Å². The fraction of sp³-hybridized carbons (Fsp3) is 0.348. The van der Waals surface area contributed by atoms with E-state index in [4.69, 9.17) is 5.21 Å². The third-order valence-corrected chi connectivity index (χ3v) is 4.71. The molecule has 1 unspecified atom stereocenters. The number of allylic oxidation sites excluding steroid dienone is 5. The van der Waals surface area contributed by atoms with Gasteiger partial charge >= 0.3 is 0 Å². The first-order chi connectivity index (χ1) is 13.6. The van der Waals surface area contributed by atoms with Crippen LogP contribution in [0.15, 0.2) is 60.7 Å². The summed E-state index contributed by atoms with van der Waals surface area (Å²) < 4.78 is 0. The summed E-state index contributed by atoms with van der Waals surface area (Å²) in [5, 5.41) is 12.2. The van der Waals surface area contributed by atoms with E-state index >= 15 is 0 Å². The van der Waals surface area contributed by atoms with Gasteiger partial charge in [-0.3, -0.25) is 10.0 Å². The highest BCUT2D eigenvalue weighted by Crippen LogP contribution is 2.37. The fourth-order valence-electron chi connectivity index (χ4n) is 3.36. The second-order valence-electron chi connectivity index (χ2n) is 6.97. The molecule has 3 N–H and O–H groups in total. The molecule has 28 heavy (non-hydrogen) atoms. The summed E-state index contributed by atoms with van der Waals surface area (Å²) in [5.41, 5.74) is 6.18. The van der Waals surface area contributed by atoms with Gasteiger partial charge in [-0.25, -0.2) is 5.48 Å². The van der Waals surface area contributed by atoms with Crippen molar-refractivity contribution in [1.82, 2.24) is 5.48 Å². The number of benzene rings is 1. The van der Waals surface area contributed by atoms with Gasteiger partial charge in [-0.2, -0.15) is 0 Å². The number of rotatable bonds is 10. The minimum absolute atomic E-state index is 0.284. The Balaban J connectivity index is 2.02. The number of amides is 1. The molecule has 1 aromatic rings. The first-order valence-corrected chi connectivity index (χ1v) is 9.83. The number of carbonyl (C=O) groups is 1. The van der Waals surface area contributed by atoms with E-state index in [-0.39, 0.29) is 6.17 Å². The van der Waals surface area contributed by atoms with E-state index in [9.17, 15) is 4.79 Å². The minimum Gasteiger partial charge on any atom is -0.363 e. The van der Waals surface area contributed by atoms with Crippen molar-refractivity contribution < 1.29 is 10.0 Å². The Labute approximate surface area is 168 Å². The molecule has 1 amide bonds. The summed E-state index contributed by atoms with van der Waals surface area (Å²) in [6, 6.07) is 6.13. The molecule has 0 fully saturated rings. The molecule has 150 valence electrons. The number of hydroxylamine groups is 1. The Morgan fingerprint density at radius 1 is 1.39 bits per heavy atom. The lowest BCUT2D eigenvalue weighted by atomic mass is 10.1. The molecule has 0 bridgehead atoms. The number of fused-ring (bicyclic) bond motifs is 1. The van der Waals surface area contributed by atoms with E-state index in [1.807, 2.05) is 24.3 Å². The van der Waals surface area contributed by atoms with Crippen LogP contribution >= 0.6 is 0 Å². The molecule has 5 nitrogen and oxygen atoms in total. The van der Waals surface area contributed by atoms with E-state index in [1.165, 1.54) is 17.3 Å². The normalized spacial score (nSPS) is 16.5. The van der Waals surface area contributed by atoms with Crippen LogP contribution in [0.5, 0.6) is 0 Å². The summed E-state index contributed by atoms with van der Waals surface area (Å²) >= 11 is 0. The number of anilines is 2. The zero-order valence-electron chi connectivity index (χ0n) is 16.8. The SMILES string of the molecule is C=C/C=C\C=C(/C)CCCC1Nc2cc(/C=C/C(=O)NO)ccc2N1CCC. The predicted molar refractivity (Wildman–Crippen MR) is 117 cm³/mol. The monoisotopic (exact) mass is 381 g/mol. The molecule has 2 rings (SSSR count). The molecule has 1 heterocycles. The molecule has 0 aromatic heterocycles. The van der Waals surface area contributed by atoms with Crippen molar-refractivity contribution in [3.05, 3.63) is 66.3 Å². The average Bonchev–Trinajstić information content (AvgIpc) is 3.03. The number of hydrogen-bond acceptors (Lipinski definition) is 4. The summed E-state index contributed by atoms with van der Waals surface area (Å²) in [6.45, 7) is 9.04. The topological polar surface area (TPSA) is 64.6 Å². The van der Waals surface area contributed by atoms with Gasteiger partial charge in [-0.05, 0) is 56.4 Å². The van der Waals surface area contributed by atoms with Crippen LogP contribution in [0, 0.1) is 0 Å². The Morgan fingerprint density at radius 2 is 2.21 bits per heavy atom. The molecular weight excluding hydrogens is 350 g/mol. The van der Waals surface area contributed by atoms with Crippen molar-refractivity contribution in [1.29, 1.82) is 0 Å². The van der Waals surface area contributed by atoms with Crippen LogP contribution in [-0.2, 0) is 4.79 Å². The second-order valence-corrected chi connectivity index (χ2v) is 6.97. The van der Waals surface area contributed by atoms with E-state index < -0.39 is 5.91 Å². The highest BCUT2D eigenvalue weighted by Gasteiger charge is 2.27. The molecule has 0 saturated heterocycles. The lowest BCUT2D eigenvalue weighted by Crippen LogP contribution is -2.36. The lowest BCUT2D eigenvalue weighted by molar-refractivity contribution is -0.124. The maximum atomic E-state index is 11.2. The zero-order chi connectivity index (χ0) is 20.4. The van der Waals surface area contributed by atoms with Gasteiger partial charge in [-0.1, -0.05) is 49.4 Å². The maximum absolute atomic E-state index is 11.2. The summed E-state index contributed by atoms with van der Waals surface area (Å²) in [4.78, 5) is 13.6. The molecule has 1 aliphatic rings. The van der Waals surface area contributed by atoms with Gasteiger partial charge in [0.25, 0.3) is 5.91 Å². The van der Waals surface area contributed by atoms with E-state index in [2.05, 4.69) is 42.8 Å². The summed E-state index contributed by atoms with van der Waals surface area (Å²) in [6.07, 6.45) is 15.5. The smallest absolute Gasteiger partial charge is 0.267 e. The summed E-state index contributed by atoms with van der Waals surface area (Å²) in [7, 11) is 0. The van der Waals surface area contributed by atoms with Gasteiger partial charge in [-0.15, -0.1) is 0 Å². The number of hydrogen-bond donors (Lipinski definition) is 3. The molecule has 0 radical (unpaired) electrons. The number of nitrogens with zero attached hydrogens (tertiary/aromatic N) is 1. The van der Waals surface area contributed by atoms with Crippen LogP contribution in [0.2, 0.25) is 0 Å². The van der Waals surface area contributed by atoms with Crippen LogP contribution in [0.3, 0.4) is 0 Å². The van der Waals surface area contributed by atoms with Gasteiger partial charge in [0, 0.05) is 12.6 Å². The van der Waals surface area contributed by atoms with E-state index in [0.717, 1.165) is 43.5 Å². The highest BCUT2D eigenvalue weighted by molar-refractivity contribution is 5.91. The Hall–Kier alpha value is -2.79. The lowest BCUT2D eigenvalue weighted by Gasteiger charge is -2.26. The first kappa shape index (κ1) is 21.5. The molecule has 0 saturated carbocycles. The molecular formula is C23H31N3O2. The Morgan fingerprint density at radius 3 is 2.93 bits per heavy atom. The molecule has 1 aliphatic heterocycles. The van der Waals surface area contributed by atoms with Gasteiger partial charge in [0.05, 0.1) is 17.5 Å².